The molecule has 0 aliphatic heterocycles. The lowest BCUT2D eigenvalue weighted by Gasteiger charge is -2.03. The molecule has 0 bridgehead atoms. The van der Waals surface area contributed by atoms with Gasteiger partial charge in [-0.2, -0.15) is 5.10 Å². The Morgan fingerprint density at radius 2 is 1.87 bits per heavy atom. The lowest BCUT2D eigenvalue weighted by atomic mass is 10.0. The number of rotatable bonds is 4. The molecule has 0 atom stereocenters. The Bertz CT molecular complexity index is 900. The summed E-state index contributed by atoms with van der Waals surface area (Å²) in [5.74, 6) is 0. The molecule has 4 rings (SSSR count). The summed E-state index contributed by atoms with van der Waals surface area (Å²) in [6.45, 7) is 0.690. The molecule has 0 aliphatic carbocycles. The van der Waals surface area contributed by atoms with Crippen molar-refractivity contribution in [2.24, 2.45) is 0 Å². The van der Waals surface area contributed by atoms with Crippen molar-refractivity contribution in [3.05, 3.63) is 71.8 Å². The molecular formula is C17H13N5S. The molecule has 0 unspecified atom stereocenters. The summed E-state index contributed by atoms with van der Waals surface area (Å²) in [7, 11) is 0. The third kappa shape index (κ3) is 3.02. The van der Waals surface area contributed by atoms with Crippen molar-refractivity contribution < 1.29 is 0 Å². The van der Waals surface area contributed by atoms with Crippen LogP contribution in [-0.4, -0.2) is 24.7 Å². The highest BCUT2D eigenvalue weighted by Crippen LogP contribution is 2.24. The van der Waals surface area contributed by atoms with E-state index in [0.717, 1.165) is 28.1 Å². The van der Waals surface area contributed by atoms with Crippen molar-refractivity contribution in [1.29, 1.82) is 0 Å². The summed E-state index contributed by atoms with van der Waals surface area (Å²) in [6.07, 6.45) is 7.14. The third-order valence-corrected chi connectivity index (χ3v) is 4.14. The van der Waals surface area contributed by atoms with Gasteiger partial charge in [-0.05, 0) is 17.7 Å². The van der Waals surface area contributed by atoms with Crippen LogP contribution in [-0.2, 0) is 6.54 Å². The number of aromatic nitrogens is 5. The Labute approximate surface area is 137 Å². The third-order valence-electron chi connectivity index (χ3n) is 3.50. The van der Waals surface area contributed by atoms with Crippen molar-refractivity contribution in [3.8, 4) is 22.4 Å². The van der Waals surface area contributed by atoms with Crippen molar-refractivity contribution in [3.63, 3.8) is 0 Å². The van der Waals surface area contributed by atoms with Crippen LogP contribution in [0.1, 0.15) is 5.69 Å². The standard InChI is InChI=1S/C17H13N5S/c1-2-13(15-7-18-11-19-8-15)6-14(3-1)17-4-5-22(21-17)9-16-10-23-12-20-16/h1-8,10-12H,9H2. The summed E-state index contributed by atoms with van der Waals surface area (Å²) in [6, 6.07) is 10.3. The smallest absolute Gasteiger partial charge is 0.115 e. The molecule has 6 heteroatoms. The van der Waals surface area contributed by atoms with Gasteiger partial charge in [-0.1, -0.05) is 18.2 Å². The number of thiazole rings is 1. The zero-order valence-electron chi connectivity index (χ0n) is 12.2. The molecule has 0 fully saturated rings. The van der Waals surface area contributed by atoms with Gasteiger partial charge in [0.05, 0.1) is 23.4 Å². The monoisotopic (exact) mass is 319 g/mol. The van der Waals surface area contributed by atoms with Crippen molar-refractivity contribution in [2.75, 3.05) is 0 Å². The fourth-order valence-electron chi connectivity index (χ4n) is 2.39. The highest BCUT2D eigenvalue weighted by Gasteiger charge is 2.06. The molecule has 0 radical (unpaired) electrons. The summed E-state index contributed by atoms with van der Waals surface area (Å²) in [5.41, 5.74) is 6.96. The minimum atomic E-state index is 0.690. The lowest BCUT2D eigenvalue weighted by Crippen LogP contribution is -2.00. The van der Waals surface area contributed by atoms with E-state index in [-0.39, 0.29) is 0 Å². The van der Waals surface area contributed by atoms with Crippen LogP contribution in [0.3, 0.4) is 0 Å². The van der Waals surface area contributed by atoms with Gasteiger partial charge in [0.25, 0.3) is 0 Å². The average Bonchev–Trinajstić information content (AvgIpc) is 3.28. The van der Waals surface area contributed by atoms with Gasteiger partial charge in [0.1, 0.15) is 6.33 Å². The van der Waals surface area contributed by atoms with Crippen LogP contribution in [0.5, 0.6) is 0 Å². The molecule has 3 aromatic heterocycles. The maximum atomic E-state index is 4.64. The largest absolute Gasteiger partial charge is 0.266 e. The summed E-state index contributed by atoms with van der Waals surface area (Å²) in [5, 5.41) is 6.68. The first-order valence-electron chi connectivity index (χ1n) is 7.15. The molecule has 0 spiro atoms. The number of nitrogens with zero attached hydrogens (tertiary/aromatic N) is 5. The number of hydrogen-bond donors (Lipinski definition) is 0. The second-order valence-electron chi connectivity index (χ2n) is 5.09. The summed E-state index contributed by atoms with van der Waals surface area (Å²) < 4.78 is 1.91. The van der Waals surface area contributed by atoms with Crippen LogP contribution in [0, 0.1) is 0 Å². The molecule has 23 heavy (non-hydrogen) atoms. The van der Waals surface area contributed by atoms with Gasteiger partial charge in [0, 0.05) is 35.1 Å². The van der Waals surface area contributed by atoms with E-state index >= 15 is 0 Å². The van der Waals surface area contributed by atoms with Gasteiger partial charge in [0.15, 0.2) is 0 Å². The van der Waals surface area contributed by atoms with Gasteiger partial charge in [-0.3, -0.25) is 4.68 Å². The van der Waals surface area contributed by atoms with E-state index in [4.69, 9.17) is 0 Å². The topological polar surface area (TPSA) is 56.5 Å². The molecule has 5 nitrogen and oxygen atoms in total. The van der Waals surface area contributed by atoms with Crippen LogP contribution in [0.4, 0.5) is 0 Å². The Morgan fingerprint density at radius 3 is 2.70 bits per heavy atom. The minimum Gasteiger partial charge on any atom is -0.266 e. The van der Waals surface area contributed by atoms with E-state index in [1.807, 2.05) is 46.3 Å². The van der Waals surface area contributed by atoms with E-state index in [9.17, 15) is 0 Å². The molecule has 4 aromatic rings. The van der Waals surface area contributed by atoms with Crippen LogP contribution in [0.2, 0.25) is 0 Å². The predicted molar refractivity (Wildman–Crippen MR) is 89.9 cm³/mol. The van der Waals surface area contributed by atoms with E-state index in [0.29, 0.717) is 6.54 Å². The van der Waals surface area contributed by atoms with Gasteiger partial charge >= 0.3 is 0 Å². The normalized spacial score (nSPS) is 10.8. The maximum absolute atomic E-state index is 4.64. The summed E-state index contributed by atoms with van der Waals surface area (Å²) in [4.78, 5) is 12.4. The minimum absolute atomic E-state index is 0.690. The first-order chi connectivity index (χ1) is 11.4. The number of benzene rings is 1. The molecule has 3 heterocycles. The van der Waals surface area contributed by atoms with E-state index in [1.165, 1.54) is 6.33 Å². The second kappa shape index (κ2) is 6.10. The Balaban J connectivity index is 1.62. The van der Waals surface area contributed by atoms with Gasteiger partial charge < -0.3 is 0 Å². The molecule has 0 amide bonds. The SMILES string of the molecule is c1cc(-c2cncnc2)cc(-c2ccn(Cc3cscn3)n2)c1. The van der Waals surface area contributed by atoms with E-state index < -0.39 is 0 Å². The van der Waals surface area contributed by atoms with Gasteiger partial charge in [-0.15, -0.1) is 11.3 Å². The predicted octanol–water partition coefficient (Wildman–Crippen LogP) is 3.51. The van der Waals surface area contributed by atoms with Crippen molar-refractivity contribution >= 4 is 11.3 Å². The zero-order valence-corrected chi connectivity index (χ0v) is 13.0. The molecular weight excluding hydrogens is 306 g/mol. The molecule has 0 N–H and O–H groups in total. The van der Waals surface area contributed by atoms with E-state index in [1.54, 1.807) is 11.3 Å². The van der Waals surface area contributed by atoms with Crippen LogP contribution >= 0.6 is 11.3 Å². The Morgan fingerprint density at radius 1 is 1.00 bits per heavy atom. The molecule has 112 valence electrons. The second-order valence-corrected chi connectivity index (χ2v) is 5.80. The Kier molecular flexibility index (Phi) is 3.65. The van der Waals surface area contributed by atoms with Crippen molar-refractivity contribution in [2.45, 2.75) is 6.54 Å². The fraction of sp³-hybridized carbons (Fsp3) is 0.0588. The highest BCUT2D eigenvalue weighted by molar-refractivity contribution is 7.07. The molecule has 0 aliphatic rings. The maximum Gasteiger partial charge on any atom is 0.115 e. The Hall–Kier alpha value is -2.86. The van der Waals surface area contributed by atoms with E-state index in [2.05, 4.69) is 38.2 Å². The first kappa shape index (κ1) is 13.8. The molecule has 0 saturated carbocycles. The van der Waals surface area contributed by atoms with Crippen LogP contribution in [0.15, 0.2) is 66.1 Å². The zero-order chi connectivity index (χ0) is 15.5. The lowest BCUT2D eigenvalue weighted by molar-refractivity contribution is 0.678. The summed E-state index contributed by atoms with van der Waals surface area (Å²) >= 11 is 1.60. The van der Waals surface area contributed by atoms with Crippen LogP contribution < -0.4 is 0 Å². The highest BCUT2D eigenvalue weighted by atomic mass is 32.1. The van der Waals surface area contributed by atoms with Gasteiger partial charge in [0.2, 0.25) is 0 Å². The first-order valence-corrected chi connectivity index (χ1v) is 8.09. The quantitative estimate of drug-likeness (QED) is 0.577. The average molecular weight is 319 g/mol. The van der Waals surface area contributed by atoms with Crippen LogP contribution in [0.25, 0.3) is 22.4 Å². The molecule has 1 aromatic carbocycles. The van der Waals surface area contributed by atoms with Crippen molar-refractivity contribution in [1.82, 2.24) is 24.7 Å². The fourth-order valence-corrected chi connectivity index (χ4v) is 2.94. The molecule has 0 saturated heterocycles. The van der Waals surface area contributed by atoms with Gasteiger partial charge in [-0.25, -0.2) is 15.0 Å². The number of hydrogen-bond acceptors (Lipinski definition) is 5.